The van der Waals surface area contributed by atoms with E-state index in [1.807, 2.05) is 11.8 Å². The highest BCUT2D eigenvalue weighted by Gasteiger charge is 2.33. The first-order valence-corrected chi connectivity index (χ1v) is 6.80. The van der Waals surface area contributed by atoms with Crippen LogP contribution in [-0.2, 0) is 14.3 Å². The molecule has 1 rings (SSSR count). The average molecular weight is 256 g/mol. The lowest BCUT2D eigenvalue weighted by atomic mass is 10.1. The third kappa shape index (κ3) is 3.98. The minimum atomic E-state index is -0.385. The molecule has 104 valence electrons. The van der Waals surface area contributed by atoms with E-state index in [0.29, 0.717) is 13.0 Å². The number of ether oxygens (including phenoxy) is 1. The maximum absolute atomic E-state index is 11.9. The quantitative estimate of drug-likeness (QED) is 0.691. The number of hydrogen-bond acceptors (Lipinski definition) is 4. The molecule has 1 fully saturated rings. The van der Waals surface area contributed by atoms with Gasteiger partial charge in [-0.25, -0.2) is 0 Å². The SMILES string of the molecule is CCOC(=O)C(CC)N(CC(N)=O)C1CCCC1. The highest BCUT2D eigenvalue weighted by molar-refractivity contribution is 5.79. The molecule has 0 aromatic rings. The van der Waals surface area contributed by atoms with Crippen molar-refractivity contribution >= 4 is 11.9 Å². The number of amides is 1. The molecule has 1 saturated carbocycles. The van der Waals surface area contributed by atoms with Gasteiger partial charge in [0, 0.05) is 6.04 Å². The molecule has 0 aliphatic heterocycles. The molecule has 0 radical (unpaired) electrons. The number of nitrogens with zero attached hydrogens (tertiary/aromatic N) is 1. The van der Waals surface area contributed by atoms with E-state index in [-0.39, 0.29) is 30.5 Å². The van der Waals surface area contributed by atoms with Gasteiger partial charge >= 0.3 is 5.97 Å². The third-order valence-electron chi connectivity index (χ3n) is 3.48. The van der Waals surface area contributed by atoms with E-state index in [0.717, 1.165) is 25.7 Å². The number of nitrogens with two attached hydrogens (primary N) is 1. The van der Waals surface area contributed by atoms with Crippen molar-refractivity contribution in [1.29, 1.82) is 0 Å². The topological polar surface area (TPSA) is 72.6 Å². The first-order valence-electron chi connectivity index (χ1n) is 6.80. The van der Waals surface area contributed by atoms with E-state index < -0.39 is 0 Å². The first kappa shape index (κ1) is 15.0. The van der Waals surface area contributed by atoms with E-state index in [1.165, 1.54) is 0 Å². The summed E-state index contributed by atoms with van der Waals surface area (Å²) in [6.07, 6.45) is 5.01. The van der Waals surface area contributed by atoms with E-state index >= 15 is 0 Å². The fourth-order valence-electron chi connectivity index (χ4n) is 2.68. The average Bonchev–Trinajstić information content (AvgIpc) is 2.81. The Kier molecular flexibility index (Phi) is 6.12. The maximum Gasteiger partial charge on any atom is 0.323 e. The smallest absolute Gasteiger partial charge is 0.323 e. The molecule has 0 bridgehead atoms. The molecule has 1 atom stereocenters. The summed E-state index contributed by atoms with van der Waals surface area (Å²) in [5, 5.41) is 0. The van der Waals surface area contributed by atoms with Gasteiger partial charge in [-0.3, -0.25) is 14.5 Å². The standard InChI is InChI=1S/C13H24N2O3/c1-3-11(13(17)18-4-2)15(9-12(14)16)10-7-5-6-8-10/h10-11H,3-9H2,1-2H3,(H2,14,16). The summed E-state index contributed by atoms with van der Waals surface area (Å²) in [7, 11) is 0. The van der Waals surface area contributed by atoms with Gasteiger partial charge in [0.1, 0.15) is 6.04 Å². The van der Waals surface area contributed by atoms with Crippen molar-refractivity contribution in [3.63, 3.8) is 0 Å². The molecule has 5 heteroatoms. The molecule has 0 saturated heterocycles. The van der Waals surface area contributed by atoms with E-state index in [2.05, 4.69) is 0 Å². The molecule has 0 spiro atoms. The monoisotopic (exact) mass is 256 g/mol. The van der Waals surface area contributed by atoms with Crippen molar-refractivity contribution in [2.75, 3.05) is 13.2 Å². The predicted molar refractivity (Wildman–Crippen MR) is 68.9 cm³/mol. The highest BCUT2D eigenvalue weighted by atomic mass is 16.5. The van der Waals surface area contributed by atoms with Crippen LogP contribution in [0.2, 0.25) is 0 Å². The van der Waals surface area contributed by atoms with Gasteiger partial charge in [-0.2, -0.15) is 0 Å². The number of hydrogen-bond donors (Lipinski definition) is 1. The molecule has 1 unspecified atom stereocenters. The van der Waals surface area contributed by atoms with Crippen molar-refractivity contribution in [3.8, 4) is 0 Å². The zero-order chi connectivity index (χ0) is 13.5. The van der Waals surface area contributed by atoms with Crippen LogP contribution in [0.5, 0.6) is 0 Å². The molecule has 5 nitrogen and oxygen atoms in total. The normalized spacial score (nSPS) is 17.9. The zero-order valence-corrected chi connectivity index (χ0v) is 11.4. The number of primary amides is 1. The van der Waals surface area contributed by atoms with Crippen LogP contribution in [0.4, 0.5) is 0 Å². The molecule has 1 amide bonds. The van der Waals surface area contributed by atoms with Gasteiger partial charge in [0.15, 0.2) is 0 Å². The minimum Gasteiger partial charge on any atom is -0.465 e. The van der Waals surface area contributed by atoms with Gasteiger partial charge < -0.3 is 10.5 Å². The van der Waals surface area contributed by atoms with Crippen molar-refractivity contribution in [2.45, 2.75) is 58.0 Å². The van der Waals surface area contributed by atoms with E-state index in [1.54, 1.807) is 6.92 Å². The molecule has 0 aromatic carbocycles. The lowest BCUT2D eigenvalue weighted by Crippen LogP contribution is -2.50. The molecule has 1 aliphatic carbocycles. The first-order chi connectivity index (χ1) is 8.60. The van der Waals surface area contributed by atoms with Crippen LogP contribution in [0.3, 0.4) is 0 Å². The number of carbonyl (C=O) groups excluding carboxylic acids is 2. The largest absolute Gasteiger partial charge is 0.465 e. The minimum absolute atomic E-state index is 0.141. The fraction of sp³-hybridized carbons (Fsp3) is 0.846. The zero-order valence-electron chi connectivity index (χ0n) is 11.4. The van der Waals surface area contributed by atoms with Gasteiger partial charge in [-0.15, -0.1) is 0 Å². The van der Waals surface area contributed by atoms with Crippen LogP contribution >= 0.6 is 0 Å². The Labute approximate surface area is 109 Å². The second-order valence-corrected chi connectivity index (χ2v) is 4.75. The van der Waals surface area contributed by atoms with Crippen molar-refractivity contribution in [3.05, 3.63) is 0 Å². The van der Waals surface area contributed by atoms with Crippen LogP contribution in [0.25, 0.3) is 0 Å². The Balaban J connectivity index is 2.77. The van der Waals surface area contributed by atoms with Crippen molar-refractivity contribution in [1.82, 2.24) is 4.90 Å². The maximum atomic E-state index is 11.9. The molecule has 0 heterocycles. The second kappa shape index (κ2) is 7.36. The summed E-state index contributed by atoms with van der Waals surface area (Å²) in [6, 6.07) is -0.0626. The van der Waals surface area contributed by atoms with Crippen LogP contribution < -0.4 is 5.73 Å². The summed E-state index contributed by atoms with van der Waals surface area (Å²) in [5.74, 6) is -0.627. The molecular weight excluding hydrogens is 232 g/mol. The van der Waals surface area contributed by atoms with Gasteiger partial charge in [-0.05, 0) is 26.2 Å². The number of rotatable bonds is 7. The van der Waals surface area contributed by atoms with Crippen LogP contribution in [-0.4, -0.2) is 42.0 Å². The fourth-order valence-corrected chi connectivity index (χ4v) is 2.68. The third-order valence-corrected chi connectivity index (χ3v) is 3.48. The van der Waals surface area contributed by atoms with E-state index in [9.17, 15) is 9.59 Å². The highest BCUT2D eigenvalue weighted by Crippen LogP contribution is 2.26. The Morgan fingerprint density at radius 2 is 1.94 bits per heavy atom. The Hall–Kier alpha value is -1.10. The Morgan fingerprint density at radius 3 is 2.39 bits per heavy atom. The van der Waals surface area contributed by atoms with Gasteiger partial charge in [0.2, 0.25) is 5.91 Å². The van der Waals surface area contributed by atoms with Gasteiger partial charge in [0.05, 0.1) is 13.2 Å². The van der Waals surface area contributed by atoms with Crippen molar-refractivity contribution in [2.24, 2.45) is 5.73 Å². The second-order valence-electron chi connectivity index (χ2n) is 4.75. The number of esters is 1. The van der Waals surface area contributed by atoms with E-state index in [4.69, 9.17) is 10.5 Å². The predicted octanol–water partition coefficient (Wildman–Crippen LogP) is 1.06. The Morgan fingerprint density at radius 1 is 1.33 bits per heavy atom. The summed E-state index contributed by atoms with van der Waals surface area (Å²) in [4.78, 5) is 25.1. The van der Waals surface area contributed by atoms with Crippen molar-refractivity contribution < 1.29 is 14.3 Å². The Bertz CT molecular complexity index is 288. The lowest BCUT2D eigenvalue weighted by Gasteiger charge is -2.33. The summed E-state index contributed by atoms with van der Waals surface area (Å²) >= 11 is 0. The van der Waals surface area contributed by atoms with Crippen LogP contribution in [0, 0.1) is 0 Å². The molecule has 2 N–H and O–H groups in total. The molecule has 1 aliphatic rings. The summed E-state index contributed by atoms with van der Waals surface area (Å²) < 4.78 is 5.08. The van der Waals surface area contributed by atoms with Crippen LogP contribution in [0.15, 0.2) is 0 Å². The molecular formula is C13H24N2O3. The molecule has 0 aromatic heterocycles. The van der Waals surface area contributed by atoms with Gasteiger partial charge in [-0.1, -0.05) is 19.8 Å². The molecule has 18 heavy (non-hydrogen) atoms. The number of carbonyl (C=O) groups is 2. The lowest BCUT2D eigenvalue weighted by molar-refractivity contribution is -0.151. The summed E-state index contributed by atoms with van der Waals surface area (Å²) in [5.41, 5.74) is 5.29. The summed E-state index contributed by atoms with van der Waals surface area (Å²) in [6.45, 7) is 4.23. The van der Waals surface area contributed by atoms with Gasteiger partial charge in [0.25, 0.3) is 0 Å². The van der Waals surface area contributed by atoms with Crippen LogP contribution in [0.1, 0.15) is 46.0 Å².